The molecule has 3 heterocycles. The van der Waals surface area contributed by atoms with Crippen molar-refractivity contribution in [2.75, 3.05) is 19.7 Å². The summed E-state index contributed by atoms with van der Waals surface area (Å²) in [6.07, 6.45) is 6.05. The molecule has 1 amide bonds. The maximum absolute atomic E-state index is 12.2. The van der Waals surface area contributed by atoms with Crippen LogP contribution >= 0.6 is 11.3 Å². The van der Waals surface area contributed by atoms with Gasteiger partial charge in [-0.25, -0.2) is 4.98 Å². The number of hydrogen-bond donors (Lipinski definition) is 1. The minimum Gasteiger partial charge on any atom is -0.396 e. The van der Waals surface area contributed by atoms with Gasteiger partial charge >= 0.3 is 0 Å². The van der Waals surface area contributed by atoms with Crippen molar-refractivity contribution < 1.29 is 9.90 Å². The molecule has 0 aliphatic carbocycles. The van der Waals surface area contributed by atoms with Gasteiger partial charge < -0.3 is 10.0 Å². The van der Waals surface area contributed by atoms with Crippen LogP contribution in [0.1, 0.15) is 18.5 Å². The van der Waals surface area contributed by atoms with Crippen molar-refractivity contribution in [3.05, 3.63) is 23.5 Å². The molecule has 0 bridgehead atoms. The molecule has 2 aromatic heterocycles. The summed E-state index contributed by atoms with van der Waals surface area (Å²) < 4.78 is 1.95. The number of aromatic nitrogens is 2. The van der Waals surface area contributed by atoms with Gasteiger partial charge in [0.2, 0.25) is 5.91 Å². The van der Waals surface area contributed by atoms with Crippen LogP contribution in [-0.4, -0.2) is 45.0 Å². The SMILES string of the molecule is O=C(Cc1cn2ccsc2n1)N1CCC(CO)CC1. The van der Waals surface area contributed by atoms with Gasteiger partial charge in [0, 0.05) is 37.5 Å². The van der Waals surface area contributed by atoms with Crippen molar-refractivity contribution in [1.82, 2.24) is 14.3 Å². The van der Waals surface area contributed by atoms with Crippen LogP contribution in [0.5, 0.6) is 0 Å². The van der Waals surface area contributed by atoms with E-state index in [1.54, 1.807) is 11.3 Å². The van der Waals surface area contributed by atoms with Crippen molar-refractivity contribution in [3.63, 3.8) is 0 Å². The highest BCUT2D eigenvalue weighted by Gasteiger charge is 2.22. The zero-order valence-electron chi connectivity index (χ0n) is 10.7. The molecule has 5 nitrogen and oxygen atoms in total. The first-order chi connectivity index (χ1) is 9.26. The predicted molar refractivity (Wildman–Crippen MR) is 73.2 cm³/mol. The number of rotatable bonds is 3. The number of hydrogen-bond acceptors (Lipinski definition) is 4. The van der Waals surface area contributed by atoms with Crippen LogP contribution in [0.2, 0.25) is 0 Å². The first-order valence-electron chi connectivity index (χ1n) is 6.56. The second-order valence-electron chi connectivity index (χ2n) is 5.01. The maximum atomic E-state index is 12.2. The van der Waals surface area contributed by atoms with Gasteiger partial charge in [-0.2, -0.15) is 0 Å². The third-order valence-electron chi connectivity index (χ3n) is 3.70. The van der Waals surface area contributed by atoms with Gasteiger partial charge in [0.25, 0.3) is 0 Å². The summed E-state index contributed by atoms with van der Waals surface area (Å²) in [5.74, 6) is 0.504. The van der Waals surface area contributed by atoms with Gasteiger partial charge in [-0.3, -0.25) is 9.20 Å². The van der Waals surface area contributed by atoms with E-state index < -0.39 is 0 Å². The Morgan fingerprint density at radius 1 is 1.47 bits per heavy atom. The second kappa shape index (κ2) is 5.30. The molecule has 6 heteroatoms. The first kappa shape index (κ1) is 12.6. The van der Waals surface area contributed by atoms with E-state index in [1.807, 2.05) is 27.1 Å². The summed E-state index contributed by atoms with van der Waals surface area (Å²) in [7, 11) is 0. The number of carbonyl (C=O) groups excluding carboxylic acids is 1. The minimum atomic E-state index is 0.141. The lowest BCUT2D eigenvalue weighted by atomic mass is 9.97. The Morgan fingerprint density at radius 2 is 2.26 bits per heavy atom. The Bertz CT molecular complexity index is 541. The Hall–Kier alpha value is -1.40. The Kier molecular flexibility index (Phi) is 3.52. The molecule has 102 valence electrons. The number of nitrogens with zero attached hydrogens (tertiary/aromatic N) is 3. The third-order valence-corrected chi connectivity index (χ3v) is 4.47. The number of aliphatic hydroxyl groups excluding tert-OH is 1. The van der Waals surface area contributed by atoms with Gasteiger partial charge in [0.1, 0.15) is 0 Å². The molecule has 19 heavy (non-hydrogen) atoms. The van der Waals surface area contributed by atoms with Crippen LogP contribution in [0, 0.1) is 5.92 Å². The molecule has 1 aliphatic heterocycles. The summed E-state index contributed by atoms with van der Waals surface area (Å²) in [6, 6.07) is 0. The summed E-state index contributed by atoms with van der Waals surface area (Å²) in [5.41, 5.74) is 0.834. The molecule has 0 aromatic carbocycles. The fraction of sp³-hybridized carbons (Fsp3) is 0.538. The maximum Gasteiger partial charge on any atom is 0.228 e. The molecule has 0 radical (unpaired) electrons. The zero-order valence-corrected chi connectivity index (χ0v) is 11.5. The van der Waals surface area contributed by atoms with E-state index in [1.165, 1.54) is 0 Å². The Labute approximate surface area is 115 Å². The number of imidazole rings is 1. The molecular weight excluding hydrogens is 262 g/mol. The highest BCUT2D eigenvalue weighted by Crippen LogP contribution is 2.18. The van der Waals surface area contributed by atoms with Crippen molar-refractivity contribution in [3.8, 4) is 0 Å². The van der Waals surface area contributed by atoms with E-state index >= 15 is 0 Å². The highest BCUT2D eigenvalue weighted by atomic mass is 32.1. The van der Waals surface area contributed by atoms with Crippen LogP contribution in [-0.2, 0) is 11.2 Å². The molecule has 3 rings (SSSR count). The molecule has 1 aliphatic rings. The van der Waals surface area contributed by atoms with Crippen LogP contribution in [0.4, 0.5) is 0 Å². The van der Waals surface area contributed by atoms with Crippen LogP contribution < -0.4 is 0 Å². The summed E-state index contributed by atoms with van der Waals surface area (Å²) in [6.45, 7) is 1.75. The highest BCUT2D eigenvalue weighted by molar-refractivity contribution is 7.15. The quantitative estimate of drug-likeness (QED) is 0.917. The summed E-state index contributed by atoms with van der Waals surface area (Å²) in [5, 5.41) is 11.1. The Morgan fingerprint density at radius 3 is 2.95 bits per heavy atom. The standard InChI is InChI=1S/C13H17N3O2S/c17-9-10-1-3-15(4-2-10)12(18)7-11-8-16-5-6-19-13(16)14-11/h5-6,8,10,17H,1-4,7,9H2. The Balaban J connectivity index is 1.60. The van der Waals surface area contributed by atoms with Crippen LogP contribution in [0.3, 0.4) is 0 Å². The molecule has 1 saturated heterocycles. The largest absolute Gasteiger partial charge is 0.396 e. The van der Waals surface area contributed by atoms with Crippen molar-refractivity contribution in [1.29, 1.82) is 0 Å². The summed E-state index contributed by atoms with van der Waals surface area (Å²) in [4.78, 5) is 19.4. The molecule has 0 spiro atoms. The van der Waals surface area contributed by atoms with Gasteiger partial charge in [-0.1, -0.05) is 0 Å². The lowest BCUT2D eigenvalue weighted by Gasteiger charge is -2.31. The van der Waals surface area contributed by atoms with Gasteiger partial charge in [0.15, 0.2) is 4.96 Å². The van der Waals surface area contributed by atoms with Crippen molar-refractivity contribution in [2.45, 2.75) is 19.3 Å². The molecule has 0 unspecified atom stereocenters. The van der Waals surface area contributed by atoms with E-state index in [-0.39, 0.29) is 12.5 Å². The fourth-order valence-corrected chi connectivity index (χ4v) is 3.21. The predicted octanol–water partition coefficient (Wildman–Crippen LogP) is 1.17. The number of aliphatic hydroxyl groups is 1. The van der Waals surface area contributed by atoms with E-state index in [9.17, 15) is 4.79 Å². The lowest BCUT2D eigenvalue weighted by molar-refractivity contribution is -0.132. The van der Waals surface area contributed by atoms with Gasteiger partial charge in [-0.15, -0.1) is 11.3 Å². The normalized spacial score (nSPS) is 17.2. The van der Waals surface area contributed by atoms with Gasteiger partial charge in [0.05, 0.1) is 12.1 Å². The third kappa shape index (κ3) is 2.64. The average Bonchev–Trinajstić information content (AvgIpc) is 2.99. The first-order valence-corrected chi connectivity index (χ1v) is 7.44. The number of thiazole rings is 1. The molecular formula is C13H17N3O2S. The lowest BCUT2D eigenvalue weighted by Crippen LogP contribution is -2.40. The minimum absolute atomic E-state index is 0.141. The van der Waals surface area contributed by atoms with Crippen molar-refractivity contribution >= 4 is 22.2 Å². The van der Waals surface area contributed by atoms with Crippen molar-refractivity contribution in [2.24, 2.45) is 5.92 Å². The number of carbonyl (C=O) groups is 1. The van der Waals surface area contributed by atoms with E-state index in [0.717, 1.165) is 36.6 Å². The summed E-state index contributed by atoms with van der Waals surface area (Å²) >= 11 is 1.57. The molecule has 1 N–H and O–H groups in total. The smallest absolute Gasteiger partial charge is 0.228 e. The topological polar surface area (TPSA) is 57.8 Å². The number of piperidine rings is 1. The zero-order chi connectivity index (χ0) is 13.2. The molecule has 2 aromatic rings. The monoisotopic (exact) mass is 279 g/mol. The van der Waals surface area contributed by atoms with E-state index in [2.05, 4.69) is 4.98 Å². The van der Waals surface area contributed by atoms with Crippen LogP contribution in [0.15, 0.2) is 17.8 Å². The van der Waals surface area contributed by atoms with E-state index in [0.29, 0.717) is 12.3 Å². The van der Waals surface area contributed by atoms with Gasteiger partial charge in [-0.05, 0) is 18.8 Å². The molecule has 0 atom stereocenters. The second-order valence-corrected chi connectivity index (χ2v) is 5.88. The van der Waals surface area contributed by atoms with E-state index in [4.69, 9.17) is 5.11 Å². The molecule has 0 saturated carbocycles. The average molecular weight is 279 g/mol. The number of likely N-dealkylation sites (tertiary alicyclic amines) is 1. The van der Waals surface area contributed by atoms with Crippen LogP contribution in [0.25, 0.3) is 4.96 Å². The molecule has 1 fully saturated rings. The number of amides is 1. The fourth-order valence-electron chi connectivity index (χ4n) is 2.49. The number of fused-ring (bicyclic) bond motifs is 1.